The molecule has 4 rings (SSSR count). The molecule has 9 heteroatoms. The number of sulfonamides is 1. The first kappa shape index (κ1) is 19.3. The molecule has 150 valence electrons. The molecule has 29 heavy (non-hydrogen) atoms. The maximum Gasteiger partial charge on any atom is 0.277 e. The standard InChI is InChI=1S/C20H21N5O3S/c1-14-6-8-16(9-7-14)25-13-19(22-23-25)20(26)21-18-5-3-4-15-12-24(29(2,27)28)11-10-17(15)18/h3-9,13H,10-12H2,1-2H3,(H,21,26). The largest absolute Gasteiger partial charge is 0.320 e. The van der Waals surface area contributed by atoms with Gasteiger partial charge in [0, 0.05) is 18.8 Å². The van der Waals surface area contributed by atoms with Crippen LogP contribution in [0.5, 0.6) is 0 Å². The van der Waals surface area contributed by atoms with Gasteiger partial charge in [0.15, 0.2) is 5.69 Å². The van der Waals surface area contributed by atoms with Gasteiger partial charge in [-0.2, -0.15) is 4.31 Å². The Morgan fingerprint density at radius 2 is 1.90 bits per heavy atom. The van der Waals surface area contributed by atoms with Crippen LogP contribution in [0.3, 0.4) is 0 Å². The predicted molar refractivity (Wildman–Crippen MR) is 109 cm³/mol. The maximum atomic E-state index is 12.7. The van der Waals surface area contributed by atoms with Crippen molar-refractivity contribution in [1.29, 1.82) is 0 Å². The van der Waals surface area contributed by atoms with Crippen molar-refractivity contribution in [3.63, 3.8) is 0 Å². The lowest BCUT2D eigenvalue weighted by Gasteiger charge is -2.28. The molecule has 2 heterocycles. The molecule has 1 N–H and O–H groups in total. The number of carbonyl (C=O) groups excluding carboxylic acids is 1. The fourth-order valence-corrected chi connectivity index (χ4v) is 4.16. The Balaban J connectivity index is 1.54. The minimum Gasteiger partial charge on any atom is -0.320 e. The molecule has 0 bridgehead atoms. The highest BCUT2D eigenvalue weighted by molar-refractivity contribution is 7.88. The molecule has 3 aromatic rings. The third kappa shape index (κ3) is 4.06. The second-order valence-corrected chi connectivity index (χ2v) is 9.11. The number of fused-ring (bicyclic) bond motifs is 1. The number of nitrogens with zero attached hydrogens (tertiary/aromatic N) is 4. The van der Waals surface area contributed by atoms with Gasteiger partial charge in [0.05, 0.1) is 18.1 Å². The normalized spacial score (nSPS) is 14.4. The quantitative estimate of drug-likeness (QED) is 0.709. The Morgan fingerprint density at radius 1 is 1.14 bits per heavy atom. The van der Waals surface area contributed by atoms with E-state index in [0.717, 1.165) is 22.4 Å². The molecular weight excluding hydrogens is 390 g/mol. The van der Waals surface area contributed by atoms with Crippen molar-refractivity contribution in [3.8, 4) is 5.69 Å². The summed E-state index contributed by atoms with van der Waals surface area (Å²) >= 11 is 0. The first-order valence-electron chi connectivity index (χ1n) is 9.18. The first-order chi connectivity index (χ1) is 13.8. The van der Waals surface area contributed by atoms with Gasteiger partial charge in [-0.05, 0) is 42.7 Å². The van der Waals surface area contributed by atoms with Gasteiger partial charge in [-0.1, -0.05) is 35.0 Å². The number of hydrogen-bond donors (Lipinski definition) is 1. The van der Waals surface area contributed by atoms with E-state index in [2.05, 4.69) is 15.6 Å². The first-order valence-corrected chi connectivity index (χ1v) is 11.0. The van der Waals surface area contributed by atoms with E-state index in [9.17, 15) is 13.2 Å². The Bertz CT molecular complexity index is 1170. The smallest absolute Gasteiger partial charge is 0.277 e. The number of carbonyl (C=O) groups is 1. The van der Waals surface area contributed by atoms with Crippen LogP contribution in [0.1, 0.15) is 27.2 Å². The molecule has 0 aliphatic carbocycles. The number of anilines is 1. The van der Waals surface area contributed by atoms with Crippen LogP contribution in [-0.4, -0.2) is 46.4 Å². The van der Waals surface area contributed by atoms with Crippen LogP contribution in [0.4, 0.5) is 5.69 Å². The minimum atomic E-state index is -3.25. The van der Waals surface area contributed by atoms with E-state index < -0.39 is 10.0 Å². The number of hydrogen-bond acceptors (Lipinski definition) is 5. The Morgan fingerprint density at radius 3 is 2.62 bits per heavy atom. The Kier molecular flexibility index (Phi) is 4.93. The van der Waals surface area contributed by atoms with Crippen LogP contribution in [-0.2, 0) is 23.0 Å². The molecule has 2 aromatic carbocycles. The van der Waals surface area contributed by atoms with Crippen LogP contribution in [0.15, 0.2) is 48.7 Å². The summed E-state index contributed by atoms with van der Waals surface area (Å²) in [6.07, 6.45) is 3.33. The summed E-state index contributed by atoms with van der Waals surface area (Å²) in [7, 11) is -3.25. The highest BCUT2D eigenvalue weighted by atomic mass is 32.2. The van der Waals surface area contributed by atoms with Gasteiger partial charge in [-0.25, -0.2) is 13.1 Å². The van der Waals surface area contributed by atoms with Gasteiger partial charge in [-0.15, -0.1) is 5.10 Å². The predicted octanol–water partition coefficient (Wildman–Crippen LogP) is 2.15. The van der Waals surface area contributed by atoms with E-state index in [1.165, 1.54) is 10.6 Å². The van der Waals surface area contributed by atoms with Gasteiger partial charge in [0.2, 0.25) is 10.0 Å². The molecule has 0 radical (unpaired) electrons. The summed E-state index contributed by atoms with van der Waals surface area (Å²) in [6, 6.07) is 13.3. The molecule has 0 fully saturated rings. The number of rotatable bonds is 4. The Hall–Kier alpha value is -3.04. The highest BCUT2D eigenvalue weighted by Gasteiger charge is 2.25. The van der Waals surface area contributed by atoms with E-state index in [1.807, 2.05) is 49.4 Å². The molecule has 0 saturated carbocycles. The number of amides is 1. The van der Waals surface area contributed by atoms with Crippen molar-refractivity contribution in [2.24, 2.45) is 0 Å². The van der Waals surface area contributed by atoms with Crippen molar-refractivity contribution < 1.29 is 13.2 Å². The van der Waals surface area contributed by atoms with E-state index in [0.29, 0.717) is 25.2 Å². The Labute approximate surface area is 169 Å². The van der Waals surface area contributed by atoms with E-state index >= 15 is 0 Å². The minimum absolute atomic E-state index is 0.205. The van der Waals surface area contributed by atoms with Crippen LogP contribution < -0.4 is 5.32 Å². The molecule has 1 aliphatic rings. The third-order valence-electron chi connectivity index (χ3n) is 4.97. The van der Waals surface area contributed by atoms with Crippen molar-refractivity contribution in [2.75, 3.05) is 18.1 Å². The van der Waals surface area contributed by atoms with Crippen molar-refractivity contribution >= 4 is 21.6 Å². The van der Waals surface area contributed by atoms with Crippen LogP contribution in [0.2, 0.25) is 0 Å². The summed E-state index contributed by atoms with van der Waals surface area (Å²) in [5.41, 5.74) is 4.67. The monoisotopic (exact) mass is 411 g/mol. The zero-order valence-electron chi connectivity index (χ0n) is 16.2. The summed E-state index contributed by atoms with van der Waals surface area (Å²) in [4.78, 5) is 12.7. The van der Waals surface area contributed by atoms with Gasteiger partial charge in [0.1, 0.15) is 0 Å². The van der Waals surface area contributed by atoms with Crippen molar-refractivity contribution in [2.45, 2.75) is 19.9 Å². The lowest BCUT2D eigenvalue weighted by Crippen LogP contribution is -2.35. The van der Waals surface area contributed by atoms with E-state index in [1.54, 1.807) is 10.9 Å². The third-order valence-corrected chi connectivity index (χ3v) is 6.22. The number of aromatic nitrogens is 3. The number of aryl methyl sites for hydroxylation is 1. The zero-order chi connectivity index (χ0) is 20.6. The molecule has 8 nitrogen and oxygen atoms in total. The summed E-state index contributed by atoms with van der Waals surface area (Å²) in [5.74, 6) is -0.359. The molecule has 0 saturated heterocycles. The van der Waals surface area contributed by atoms with Crippen molar-refractivity contribution in [3.05, 3.63) is 71.0 Å². The maximum absolute atomic E-state index is 12.7. The topological polar surface area (TPSA) is 97.2 Å². The van der Waals surface area contributed by atoms with Gasteiger partial charge in [-0.3, -0.25) is 4.79 Å². The van der Waals surface area contributed by atoms with Crippen LogP contribution >= 0.6 is 0 Å². The lowest BCUT2D eigenvalue weighted by atomic mass is 9.99. The summed E-state index contributed by atoms with van der Waals surface area (Å²) in [5, 5.41) is 10.9. The molecule has 0 atom stereocenters. The number of benzene rings is 2. The molecule has 0 spiro atoms. The SMILES string of the molecule is Cc1ccc(-n2cc(C(=O)Nc3cccc4c3CCN(S(C)(=O)=O)C4)nn2)cc1. The van der Waals surface area contributed by atoms with Gasteiger partial charge >= 0.3 is 0 Å². The van der Waals surface area contributed by atoms with E-state index in [4.69, 9.17) is 0 Å². The lowest BCUT2D eigenvalue weighted by molar-refractivity contribution is 0.102. The van der Waals surface area contributed by atoms with Gasteiger partial charge in [0.25, 0.3) is 5.91 Å². The average Bonchev–Trinajstić information content (AvgIpc) is 3.18. The highest BCUT2D eigenvalue weighted by Crippen LogP contribution is 2.27. The fraction of sp³-hybridized carbons (Fsp3) is 0.250. The van der Waals surface area contributed by atoms with Crippen molar-refractivity contribution in [1.82, 2.24) is 19.3 Å². The fourth-order valence-electron chi connectivity index (χ4n) is 3.36. The average molecular weight is 411 g/mol. The molecular formula is C20H21N5O3S. The molecule has 0 unspecified atom stereocenters. The molecule has 1 amide bonds. The van der Waals surface area contributed by atoms with Crippen LogP contribution in [0, 0.1) is 6.92 Å². The summed E-state index contributed by atoms with van der Waals surface area (Å²) < 4.78 is 26.6. The second-order valence-electron chi connectivity index (χ2n) is 7.13. The second kappa shape index (κ2) is 7.41. The molecule has 1 aliphatic heterocycles. The zero-order valence-corrected chi connectivity index (χ0v) is 17.0. The number of nitrogens with one attached hydrogen (secondary N) is 1. The van der Waals surface area contributed by atoms with E-state index in [-0.39, 0.29) is 11.6 Å². The molecule has 1 aromatic heterocycles. The van der Waals surface area contributed by atoms with Gasteiger partial charge < -0.3 is 5.32 Å². The summed E-state index contributed by atoms with van der Waals surface area (Å²) in [6.45, 7) is 2.70. The van der Waals surface area contributed by atoms with Crippen LogP contribution in [0.25, 0.3) is 5.69 Å².